The van der Waals surface area contributed by atoms with Crippen LogP contribution in [0.5, 0.6) is 0 Å². The van der Waals surface area contributed by atoms with Crippen molar-refractivity contribution < 1.29 is 9.53 Å². The van der Waals surface area contributed by atoms with Gasteiger partial charge in [0.1, 0.15) is 0 Å². The number of unbranched alkanes of at least 4 members (excludes halogenated alkanes) is 1. The summed E-state index contributed by atoms with van der Waals surface area (Å²) in [6.45, 7) is 5.11. The van der Waals surface area contributed by atoms with Crippen LogP contribution >= 0.6 is 24.0 Å². The lowest BCUT2D eigenvalue weighted by Crippen LogP contribution is -2.46. The maximum atomic E-state index is 11.8. The van der Waals surface area contributed by atoms with Crippen molar-refractivity contribution in [2.24, 2.45) is 10.9 Å². The van der Waals surface area contributed by atoms with Gasteiger partial charge in [-0.3, -0.25) is 14.6 Å². The summed E-state index contributed by atoms with van der Waals surface area (Å²) in [5.41, 5.74) is 1.05. The van der Waals surface area contributed by atoms with Crippen LogP contribution in [-0.2, 0) is 16.1 Å². The number of esters is 1. The number of hydrogen-bond donors (Lipinski definition) is 1. The highest BCUT2D eigenvalue weighted by atomic mass is 127. The predicted octanol–water partition coefficient (Wildman–Crippen LogP) is 2.02. The molecule has 8 heteroatoms. The molecule has 1 saturated heterocycles. The number of aryl methyl sites for hydroxylation is 1. The predicted molar refractivity (Wildman–Crippen MR) is 118 cm³/mol. The van der Waals surface area contributed by atoms with Gasteiger partial charge in [0.25, 0.3) is 5.56 Å². The van der Waals surface area contributed by atoms with Crippen LogP contribution in [-0.4, -0.2) is 55.2 Å². The van der Waals surface area contributed by atoms with Crippen molar-refractivity contribution in [3.63, 3.8) is 0 Å². The van der Waals surface area contributed by atoms with Gasteiger partial charge in [-0.2, -0.15) is 0 Å². The first kappa shape index (κ1) is 23.5. The van der Waals surface area contributed by atoms with Crippen LogP contribution < -0.4 is 10.9 Å². The fourth-order valence-electron chi connectivity index (χ4n) is 3.33. The first-order chi connectivity index (χ1) is 12.6. The Bertz CT molecular complexity index is 682. The Balaban J connectivity index is 0.00000364. The van der Waals surface area contributed by atoms with E-state index in [4.69, 9.17) is 4.74 Å². The molecule has 1 N–H and O–H groups in total. The highest BCUT2D eigenvalue weighted by Crippen LogP contribution is 2.18. The van der Waals surface area contributed by atoms with Gasteiger partial charge in [0.05, 0.1) is 13.0 Å². The summed E-state index contributed by atoms with van der Waals surface area (Å²) in [5.74, 6) is 0.766. The van der Waals surface area contributed by atoms with Gasteiger partial charge < -0.3 is 19.5 Å². The van der Waals surface area contributed by atoms with E-state index in [1.165, 1.54) is 7.11 Å². The third-order valence-corrected chi connectivity index (χ3v) is 4.90. The number of carbonyl (C=O) groups excluding carboxylic acids is 1. The molecule has 27 heavy (non-hydrogen) atoms. The SMILES string of the molecule is CN=C(NCCCCn1c(C)cccc1=O)N1CCC(C(=O)OC)CC1.I. The largest absolute Gasteiger partial charge is 0.469 e. The first-order valence-corrected chi connectivity index (χ1v) is 9.26. The molecule has 1 aliphatic heterocycles. The van der Waals surface area contributed by atoms with E-state index in [0.29, 0.717) is 0 Å². The molecule has 7 nitrogen and oxygen atoms in total. The fourth-order valence-corrected chi connectivity index (χ4v) is 3.33. The van der Waals surface area contributed by atoms with Crippen molar-refractivity contribution in [3.05, 3.63) is 34.2 Å². The van der Waals surface area contributed by atoms with Crippen molar-refractivity contribution >= 4 is 35.9 Å². The summed E-state index contributed by atoms with van der Waals surface area (Å²) in [4.78, 5) is 30.0. The minimum Gasteiger partial charge on any atom is -0.469 e. The Morgan fingerprint density at radius 2 is 2.00 bits per heavy atom. The van der Waals surface area contributed by atoms with Crippen molar-refractivity contribution in [3.8, 4) is 0 Å². The van der Waals surface area contributed by atoms with Crippen LogP contribution in [0.1, 0.15) is 31.4 Å². The normalized spacial score (nSPS) is 15.2. The molecule has 0 bridgehead atoms. The van der Waals surface area contributed by atoms with Crippen molar-refractivity contribution in [2.75, 3.05) is 33.8 Å². The number of methoxy groups -OCH3 is 1. The van der Waals surface area contributed by atoms with E-state index in [1.807, 2.05) is 17.6 Å². The number of hydrogen-bond acceptors (Lipinski definition) is 4. The number of ether oxygens (including phenoxy) is 1. The number of guanidine groups is 1. The van der Waals surface area contributed by atoms with E-state index >= 15 is 0 Å². The summed E-state index contributed by atoms with van der Waals surface area (Å²) >= 11 is 0. The maximum absolute atomic E-state index is 11.8. The van der Waals surface area contributed by atoms with Gasteiger partial charge in [0.2, 0.25) is 0 Å². The van der Waals surface area contributed by atoms with E-state index in [2.05, 4.69) is 15.2 Å². The summed E-state index contributed by atoms with van der Waals surface area (Å²) in [6, 6.07) is 5.35. The molecule has 0 aliphatic carbocycles. The third kappa shape index (κ3) is 6.82. The van der Waals surface area contributed by atoms with Gasteiger partial charge in [-0.05, 0) is 38.7 Å². The fraction of sp³-hybridized carbons (Fsp3) is 0.632. The lowest BCUT2D eigenvalue weighted by atomic mass is 9.97. The minimum absolute atomic E-state index is 0. The molecule has 2 rings (SSSR count). The first-order valence-electron chi connectivity index (χ1n) is 9.26. The molecule has 0 amide bonds. The standard InChI is InChI=1S/C19H30N4O3.HI/c1-15-7-6-8-17(24)23(15)12-5-4-11-21-19(20-2)22-13-9-16(10-14-22)18(25)26-3;/h6-8,16H,4-5,9-14H2,1-3H3,(H,20,21);1H. The zero-order valence-electron chi connectivity index (χ0n) is 16.4. The number of piperidine rings is 1. The van der Waals surface area contributed by atoms with Crippen molar-refractivity contribution in [1.29, 1.82) is 0 Å². The van der Waals surface area contributed by atoms with E-state index in [-0.39, 0.29) is 41.4 Å². The molecule has 0 spiro atoms. The molecule has 1 aromatic rings. The molecular weight excluding hydrogens is 459 g/mol. The lowest BCUT2D eigenvalue weighted by Gasteiger charge is -2.33. The number of nitrogens with zero attached hydrogens (tertiary/aromatic N) is 3. The van der Waals surface area contributed by atoms with Gasteiger partial charge in [-0.15, -0.1) is 24.0 Å². The Hall–Kier alpha value is -1.58. The second kappa shape index (κ2) is 12.0. The molecule has 152 valence electrons. The topological polar surface area (TPSA) is 75.9 Å². The molecule has 1 aromatic heterocycles. The average Bonchev–Trinajstić information content (AvgIpc) is 2.66. The quantitative estimate of drug-likeness (QED) is 0.217. The van der Waals surface area contributed by atoms with Gasteiger partial charge in [0.15, 0.2) is 5.96 Å². The van der Waals surface area contributed by atoms with Crippen LogP contribution in [0.2, 0.25) is 0 Å². The lowest BCUT2D eigenvalue weighted by molar-refractivity contribution is -0.146. The van der Waals surface area contributed by atoms with Gasteiger partial charge >= 0.3 is 5.97 Å². The number of aromatic nitrogens is 1. The minimum atomic E-state index is -0.112. The van der Waals surface area contributed by atoms with Gasteiger partial charge in [0, 0.05) is 45.0 Å². The number of nitrogens with one attached hydrogen (secondary N) is 1. The summed E-state index contributed by atoms with van der Waals surface area (Å²) in [6.07, 6.45) is 3.48. The Morgan fingerprint density at radius 1 is 1.30 bits per heavy atom. The molecule has 0 unspecified atom stereocenters. The van der Waals surface area contributed by atoms with Crippen molar-refractivity contribution in [1.82, 2.24) is 14.8 Å². The van der Waals surface area contributed by atoms with Crippen LogP contribution in [0.3, 0.4) is 0 Å². The summed E-state index contributed by atoms with van der Waals surface area (Å²) in [5, 5.41) is 3.39. The second-order valence-electron chi connectivity index (χ2n) is 6.62. The van der Waals surface area contributed by atoms with Crippen LogP contribution in [0.4, 0.5) is 0 Å². The monoisotopic (exact) mass is 490 g/mol. The maximum Gasteiger partial charge on any atom is 0.308 e. The highest BCUT2D eigenvalue weighted by Gasteiger charge is 2.26. The molecule has 0 aromatic carbocycles. The molecule has 1 aliphatic rings. The highest BCUT2D eigenvalue weighted by molar-refractivity contribution is 14.0. The van der Waals surface area contributed by atoms with E-state index in [1.54, 1.807) is 19.2 Å². The number of carbonyl (C=O) groups is 1. The number of rotatable bonds is 6. The van der Waals surface area contributed by atoms with Crippen LogP contribution in [0, 0.1) is 12.8 Å². The molecule has 0 radical (unpaired) electrons. The number of halogens is 1. The van der Waals surface area contributed by atoms with Crippen molar-refractivity contribution in [2.45, 2.75) is 39.2 Å². The van der Waals surface area contributed by atoms with Gasteiger partial charge in [-0.25, -0.2) is 0 Å². The Kier molecular flexibility index (Phi) is 10.4. The van der Waals surface area contributed by atoms with E-state index in [9.17, 15) is 9.59 Å². The molecule has 1 fully saturated rings. The summed E-state index contributed by atoms with van der Waals surface area (Å²) in [7, 11) is 3.22. The third-order valence-electron chi connectivity index (χ3n) is 4.90. The van der Waals surface area contributed by atoms with E-state index in [0.717, 1.165) is 63.5 Å². The zero-order valence-corrected chi connectivity index (χ0v) is 18.8. The Morgan fingerprint density at radius 3 is 2.59 bits per heavy atom. The van der Waals surface area contributed by atoms with Crippen LogP contribution in [0.15, 0.2) is 28.0 Å². The molecule has 0 atom stereocenters. The summed E-state index contributed by atoms with van der Waals surface area (Å²) < 4.78 is 6.64. The zero-order chi connectivity index (χ0) is 18.9. The average molecular weight is 490 g/mol. The van der Waals surface area contributed by atoms with Gasteiger partial charge in [-0.1, -0.05) is 6.07 Å². The molecule has 2 heterocycles. The molecule has 0 saturated carbocycles. The van der Waals surface area contributed by atoms with E-state index < -0.39 is 0 Å². The Labute approximate surface area is 178 Å². The smallest absolute Gasteiger partial charge is 0.308 e. The second-order valence-corrected chi connectivity index (χ2v) is 6.62. The number of aliphatic imine (C=N–C) groups is 1. The number of pyridine rings is 1. The number of likely N-dealkylation sites (tertiary alicyclic amines) is 1. The van der Waals surface area contributed by atoms with Crippen LogP contribution in [0.25, 0.3) is 0 Å². The molecular formula is C19H31IN4O3.